The lowest BCUT2D eigenvalue weighted by Crippen LogP contribution is -1.93. The molecule has 0 saturated heterocycles. The molecule has 0 radical (unpaired) electrons. The number of halogens is 2. The molecule has 0 spiro atoms. The Morgan fingerprint density at radius 1 is 0.484 bits per heavy atom. The van der Waals surface area contributed by atoms with Crippen LogP contribution in [0.25, 0.3) is 0 Å². The Balaban J connectivity index is -0.0000000608. The molecular formula is C46H81BrClNO8P5+5. The zero-order valence-corrected chi connectivity index (χ0v) is 47.6. The van der Waals surface area contributed by atoms with Gasteiger partial charge in [0, 0.05) is 15.7 Å². The van der Waals surface area contributed by atoms with Crippen LogP contribution in [0.1, 0.15) is 83.0 Å². The van der Waals surface area contributed by atoms with Gasteiger partial charge >= 0.3 is 44.3 Å². The van der Waals surface area contributed by atoms with Crippen LogP contribution in [-0.2, 0) is 22.8 Å². The number of aromatic carboxylic acids is 1. The summed E-state index contributed by atoms with van der Waals surface area (Å²) in [6.07, 6.45) is 0. The molecule has 0 fully saturated rings. The van der Waals surface area contributed by atoms with E-state index in [4.69, 9.17) is 22.1 Å². The summed E-state index contributed by atoms with van der Waals surface area (Å²) in [6, 6.07) is 37.0. The normalized spacial score (nSPS) is 7.39. The third-order valence-electron chi connectivity index (χ3n) is 3.73. The monoisotopic (exact) mass is 1040 g/mol. The molecule has 4 rings (SSSR count). The third-order valence-corrected chi connectivity index (χ3v) is 4.26. The summed E-state index contributed by atoms with van der Waals surface area (Å²) in [5, 5.41) is 8.38. The minimum absolute atomic E-state index is 0.121. The fraction of sp³-hybridized carbons (Fsp3) is 0.391. The molecular weight excluding hydrogens is 965 g/mol. The first-order valence-electron chi connectivity index (χ1n) is 19.4. The number of Topliss-reactive ketones (excluding diaryl/α,β-unsaturated/α-hetero) is 1. The molecule has 0 aromatic heterocycles. The second-order valence-corrected chi connectivity index (χ2v) is 19.7. The number of nitrogen functional groups attached to an aromatic ring is 1. The van der Waals surface area contributed by atoms with E-state index >= 15 is 0 Å². The number of carboxylic acids is 1. The Labute approximate surface area is 396 Å². The number of para-hydroxylation sites is 1. The van der Waals surface area contributed by atoms with Gasteiger partial charge in [-0.1, -0.05) is 179 Å². The lowest BCUT2D eigenvalue weighted by molar-refractivity contribution is 0.0696. The van der Waals surface area contributed by atoms with Gasteiger partial charge < -0.3 is 10.8 Å². The van der Waals surface area contributed by atoms with Crippen molar-refractivity contribution in [1.82, 2.24) is 0 Å². The highest BCUT2D eigenvalue weighted by Crippen LogP contribution is 2.18. The van der Waals surface area contributed by atoms with Gasteiger partial charge in [0.15, 0.2) is 12.4 Å². The number of anilines is 1. The fourth-order valence-corrected chi connectivity index (χ4v) is 2.43. The van der Waals surface area contributed by atoms with Gasteiger partial charge in [-0.05, 0) is 43.3 Å². The second kappa shape index (κ2) is 75.2. The van der Waals surface area contributed by atoms with Crippen LogP contribution in [0.3, 0.4) is 0 Å². The molecule has 0 aliphatic rings. The zero-order chi connectivity index (χ0) is 51.5. The molecule has 0 heterocycles. The minimum Gasteiger partial charge on any atom is -0.478 e. The molecule has 0 bridgehead atoms. The van der Waals surface area contributed by atoms with Crippen molar-refractivity contribution in [3.8, 4) is 0 Å². The van der Waals surface area contributed by atoms with E-state index < -0.39 is 44.3 Å². The van der Waals surface area contributed by atoms with Crippen LogP contribution in [0, 0.1) is 0 Å². The first-order chi connectivity index (χ1) is 29.1. The van der Waals surface area contributed by atoms with E-state index in [-0.39, 0.29) is 5.78 Å². The molecule has 4 aromatic carbocycles. The maximum atomic E-state index is 10.6. The Bertz CT molecular complexity index is 1380. The number of carbonyl (C=O) groups excluding carboxylic acids is 1. The van der Waals surface area contributed by atoms with Gasteiger partial charge in [-0.3, -0.25) is 4.79 Å². The van der Waals surface area contributed by atoms with Gasteiger partial charge in [0.1, 0.15) is 53.3 Å². The summed E-state index contributed by atoms with van der Waals surface area (Å²) in [7, 11) is -4.88. The first kappa shape index (κ1) is 82.5. The third kappa shape index (κ3) is 131. The SMILES string of the molecule is Brc1ccccc1.C=C.CC.CC.CC.CC.CC(=O)c1ccccc1.C[P+](=O)Cl.C[P+](C)=O.C[P+](C)=O.C[P+](C)=O.C[P+](C)=O.Nc1ccccc1.O=C(O)c1ccccc1. The van der Waals surface area contributed by atoms with Crippen LogP contribution in [0.2, 0.25) is 0 Å². The number of nitrogens with two attached hydrogens (primary N) is 1. The molecule has 0 amide bonds. The average Bonchev–Trinajstić information content (AvgIpc) is 3.23. The number of ketones is 1. The lowest BCUT2D eigenvalue weighted by atomic mass is 10.2. The van der Waals surface area contributed by atoms with Crippen molar-refractivity contribution in [2.45, 2.75) is 62.3 Å². The summed E-state index contributed by atoms with van der Waals surface area (Å²) in [5.74, 6) is -0.758. The standard InChI is InChI=1S/C8H8O.C7H6O2.C6H5Br.C6H7N.4C2H6OP.4C2H6.C2H4.CH3ClOP/c1-7(9)8-5-3-2-4-6-8;8-7(9)6-4-2-1-3-5-6;2*7-6-4-2-1-3-5-6;4*1-4(2)3;5*1-2;1-4(2)3/h2-6H,1H3;1-5H,(H,8,9);1-5H;1-5H,7H2;4*1-2H3;4*1-2H3;1-2H2;1H3/q;;;;4*+1;;;;;;+1. The second-order valence-electron chi connectivity index (χ2n) is 9.97. The van der Waals surface area contributed by atoms with E-state index in [0.717, 1.165) is 15.7 Å². The van der Waals surface area contributed by atoms with Crippen molar-refractivity contribution < 1.29 is 37.5 Å². The van der Waals surface area contributed by atoms with Gasteiger partial charge in [-0.25, -0.2) is 4.79 Å². The molecule has 1 atom stereocenters. The largest absolute Gasteiger partial charge is 0.478 e. The van der Waals surface area contributed by atoms with E-state index in [1.54, 1.807) is 90.6 Å². The molecule has 1 unspecified atom stereocenters. The maximum absolute atomic E-state index is 10.6. The molecule has 16 heteroatoms. The Kier molecular flexibility index (Phi) is 100. The van der Waals surface area contributed by atoms with Gasteiger partial charge in [-0.2, -0.15) is 0 Å². The van der Waals surface area contributed by atoms with Crippen LogP contribution in [0.5, 0.6) is 0 Å². The van der Waals surface area contributed by atoms with Crippen LogP contribution < -0.4 is 5.73 Å². The molecule has 0 aliphatic heterocycles. The molecule has 3 N–H and O–H groups in total. The van der Waals surface area contributed by atoms with Crippen molar-refractivity contribution in [1.29, 1.82) is 0 Å². The Morgan fingerprint density at radius 2 is 0.661 bits per heavy atom. The minimum atomic E-state index is -1.40. The number of benzene rings is 4. The van der Waals surface area contributed by atoms with Gasteiger partial charge in [0.2, 0.25) is 11.2 Å². The van der Waals surface area contributed by atoms with E-state index in [9.17, 15) is 32.4 Å². The van der Waals surface area contributed by atoms with E-state index in [1.807, 2.05) is 146 Å². The number of rotatable bonds is 2. The number of hydrogen-bond donors (Lipinski definition) is 2. The number of carboxylic acid groups (broad SMARTS) is 1. The summed E-state index contributed by atoms with van der Waals surface area (Å²) < 4.78 is 48.9. The van der Waals surface area contributed by atoms with Crippen LogP contribution >= 0.6 is 65.5 Å². The van der Waals surface area contributed by atoms with Crippen molar-refractivity contribution in [3.63, 3.8) is 0 Å². The van der Waals surface area contributed by atoms with Gasteiger partial charge in [0.05, 0.1) is 5.56 Å². The fourth-order valence-electron chi connectivity index (χ4n) is 2.12. The lowest BCUT2D eigenvalue weighted by Gasteiger charge is -1.89. The molecule has 0 aliphatic carbocycles. The Morgan fingerprint density at radius 3 is 0.758 bits per heavy atom. The van der Waals surface area contributed by atoms with Crippen LogP contribution in [-0.4, -0.2) is 76.8 Å². The van der Waals surface area contributed by atoms with E-state index in [1.165, 1.54) is 6.66 Å². The van der Waals surface area contributed by atoms with E-state index in [2.05, 4.69) is 29.1 Å². The first-order valence-corrected chi connectivity index (χ1v) is 31.4. The van der Waals surface area contributed by atoms with E-state index in [0.29, 0.717) is 5.56 Å². The maximum Gasteiger partial charge on any atom is 0.451 e. The summed E-state index contributed by atoms with van der Waals surface area (Å²) >= 11 is 8.10. The highest BCUT2D eigenvalue weighted by Gasteiger charge is 1.96. The molecule has 62 heavy (non-hydrogen) atoms. The zero-order valence-electron chi connectivity index (χ0n) is 40.8. The summed E-state index contributed by atoms with van der Waals surface area (Å²) in [4.78, 5) is 20.8. The van der Waals surface area contributed by atoms with Crippen LogP contribution in [0.15, 0.2) is 139 Å². The van der Waals surface area contributed by atoms with Crippen molar-refractivity contribution in [2.75, 3.05) is 65.7 Å². The molecule has 9 nitrogen and oxygen atoms in total. The Hall–Kier alpha value is -3.17. The van der Waals surface area contributed by atoms with Crippen LogP contribution in [0.4, 0.5) is 5.69 Å². The summed E-state index contributed by atoms with van der Waals surface area (Å²) in [5.41, 5.74) is 7.29. The average molecular weight is 1050 g/mol. The molecule has 4 aromatic rings. The highest BCUT2D eigenvalue weighted by molar-refractivity contribution is 9.10. The van der Waals surface area contributed by atoms with Crippen molar-refractivity contribution in [3.05, 3.63) is 150 Å². The highest BCUT2D eigenvalue weighted by atomic mass is 79.9. The quantitative estimate of drug-likeness (QED) is 0.0860. The van der Waals surface area contributed by atoms with Gasteiger partial charge in [0.25, 0.3) is 0 Å². The number of carbonyl (C=O) groups is 2. The molecule has 0 saturated carbocycles. The molecule has 352 valence electrons. The predicted octanol–water partition coefficient (Wildman–Crippen LogP) is 17.8. The van der Waals surface area contributed by atoms with Crippen molar-refractivity contribution in [2.24, 2.45) is 0 Å². The van der Waals surface area contributed by atoms with Crippen molar-refractivity contribution >= 4 is 83.0 Å². The smallest absolute Gasteiger partial charge is 0.451 e. The number of hydrogen-bond acceptors (Lipinski definition) is 8. The topological polar surface area (TPSA) is 166 Å². The summed E-state index contributed by atoms with van der Waals surface area (Å²) in [6.45, 7) is 38.4. The predicted molar refractivity (Wildman–Crippen MR) is 289 cm³/mol. The van der Waals surface area contributed by atoms with Gasteiger partial charge in [-0.15, -0.1) is 13.2 Å².